The zero-order valence-electron chi connectivity index (χ0n) is 14.4. The van der Waals surface area contributed by atoms with E-state index >= 15 is 0 Å². The number of hydrogen-bond acceptors (Lipinski definition) is 4. The molecule has 0 saturated heterocycles. The number of benzene rings is 2. The van der Waals surface area contributed by atoms with Crippen LogP contribution in [0.15, 0.2) is 73.1 Å². The van der Waals surface area contributed by atoms with Crippen LogP contribution in [-0.2, 0) is 4.74 Å². The van der Waals surface area contributed by atoms with Crippen LogP contribution in [0.3, 0.4) is 0 Å². The predicted molar refractivity (Wildman–Crippen MR) is 97.9 cm³/mol. The Morgan fingerprint density at radius 3 is 2.00 bits per heavy atom. The van der Waals surface area contributed by atoms with Crippen LogP contribution in [0, 0.1) is 0 Å². The van der Waals surface area contributed by atoms with Crippen molar-refractivity contribution in [3.63, 3.8) is 0 Å². The average molecular weight is 360 g/mol. The summed E-state index contributed by atoms with van der Waals surface area (Å²) in [5.41, 5.74) is 2.11. The van der Waals surface area contributed by atoms with Crippen LogP contribution in [0.5, 0.6) is 0 Å². The van der Waals surface area contributed by atoms with Crippen LogP contribution in [-0.4, -0.2) is 40.4 Å². The van der Waals surface area contributed by atoms with Gasteiger partial charge in [-0.15, -0.1) is 0 Å². The Morgan fingerprint density at radius 1 is 0.815 bits per heavy atom. The summed E-state index contributed by atoms with van der Waals surface area (Å²) >= 11 is 0. The lowest BCUT2D eigenvalue weighted by molar-refractivity contribution is 0.0420. The zero-order chi connectivity index (χ0) is 18.8. The first-order valence-corrected chi connectivity index (χ1v) is 8.51. The van der Waals surface area contributed by atoms with Gasteiger partial charge < -0.3 is 9.30 Å². The Balaban J connectivity index is 1.35. The lowest BCUT2D eigenvalue weighted by Crippen LogP contribution is -2.33. The van der Waals surface area contributed by atoms with Gasteiger partial charge in [0.15, 0.2) is 0 Å². The Bertz CT molecular complexity index is 972. The van der Waals surface area contributed by atoms with Crippen molar-refractivity contribution in [3.8, 4) is 5.69 Å². The summed E-state index contributed by atoms with van der Waals surface area (Å²) in [6.45, 7) is -0.0246. The molecule has 2 heterocycles. The first kappa shape index (κ1) is 16.8. The standard InChI is InChI=1S/C21H16N2O4/c24-19-17-5-1-2-6-18(17)20(25)23(19)13-14-27-21(26)15-7-9-16(10-8-15)22-11-3-4-12-22/h1-12H,13-14H2. The minimum absolute atomic E-state index is 0.0273. The second-order valence-corrected chi connectivity index (χ2v) is 6.08. The Morgan fingerprint density at radius 2 is 1.41 bits per heavy atom. The van der Waals surface area contributed by atoms with Crippen molar-refractivity contribution < 1.29 is 19.1 Å². The zero-order valence-corrected chi connectivity index (χ0v) is 14.4. The van der Waals surface area contributed by atoms with E-state index in [-0.39, 0.29) is 25.0 Å². The molecule has 0 unspecified atom stereocenters. The summed E-state index contributed by atoms with van der Waals surface area (Å²) in [5.74, 6) is -1.21. The molecule has 2 amide bonds. The van der Waals surface area contributed by atoms with E-state index in [2.05, 4.69) is 0 Å². The minimum atomic E-state index is -0.495. The number of nitrogens with zero attached hydrogens (tertiary/aromatic N) is 2. The Labute approximate surface area is 155 Å². The highest BCUT2D eigenvalue weighted by molar-refractivity contribution is 6.21. The molecule has 0 bridgehead atoms. The van der Waals surface area contributed by atoms with Crippen molar-refractivity contribution >= 4 is 17.8 Å². The highest BCUT2D eigenvalue weighted by Gasteiger charge is 2.34. The fraction of sp³-hybridized carbons (Fsp3) is 0.0952. The topological polar surface area (TPSA) is 68.6 Å². The molecule has 4 rings (SSSR count). The van der Waals surface area contributed by atoms with E-state index < -0.39 is 5.97 Å². The molecule has 27 heavy (non-hydrogen) atoms. The van der Waals surface area contributed by atoms with E-state index in [0.717, 1.165) is 10.6 Å². The molecule has 0 atom stereocenters. The molecule has 6 heteroatoms. The van der Waals surface area contributed by atoms with Gasteiger partial charge in [0, 0.05) is 18.1 Å². The second kappa shape index (κ2) is 6.92. The van der Waals surface area contributed by atoms with E-state index in [9.17, 15) is 14.4 Å². The summed E-state index contributed by atoms with van der Waals surface area (Å²) in [6.07, 6.45) is 3.82. The van der Waals surface area contributed by atoms with Gasteiger partial charge in [0.25, 0.3) is 11.8 Å². The lowest BCUT2D eigenvalue weighted by Gasteiger charge is -2.14. The third kappa shape index (κ3) is 3.13. The van der Waals surface area contributed by atoms with Gasteiger partial charge in [0.05, 0.1) is 23.2 Å². The van der Waals surface area contributed by atoms with Gasteiger partial charge in [-0.05, 0) is 48.5 Å². The maximum absolute atomic E-state index is 12.3. The molecule has 1 aliphatic heterocycles. The first-order valence-electron chi connectivity index (χ1n) is 8.51. The number of carbonyl (C=O) groups excluding carboxylic acids is 3. The minimum Gasteiger partial charge on any atom is -0.460 e. The van der Waals surface area contributed by atoms with Gasteiger partial charge in [-0.2, -0.15) is 0 Å². The van der Waals surface area contributed by atoms with Gasteiger partial charge >= 0.3 is 5.97 Å². The van der Waals surface area contributed by atoms with Crippen molar-refractivity contribution in [1.82, 2.24) is 9.47 Å². The van der Waals surface area contributed by atoms with E-state index in [1.165, 1.54) is 0 Å². The Hall–Kier alpha value is -3.67. The summed E-state index contributed by atoms with van der Waals surface area (Å²) in [6, 6.07) is 17.5. The van der Waals surface area contributed by atoms with Crippen molar-refractivity contribution in [3.05, 3.63) is 89.7 Å². The molecule has 0 aliphatic carbocycles. The normalized spacial score (nSPS) is 13.0. The largest absolute Gasteiger partial charge is 0.460 e. The number of rotatable bonds is 5. The fourth-order valence-corrected chi connectivity index (χ4v) is 3.03. The fourth-order valence-electron chi connectivity index (χ4n) is 3.03. The van der Waals surface area contributed by atoms with Gasteiger partial charge in [0.2, 0.25) is 0 Å². The van der Waals surface area contributed by atoms with Gasteiger partial charge in [-0.25, -0.2) is 4.79 Å². The smallest absolute Gasteiger partial charge is 0.338 e. The molecule has 0 N–H and O–H groups in total. The number of esters is 1. The molecule has 0 saturated carbocycles. The van der Waals surface area contributed by atoms with E-state index in [4.69, 9.17) is 4.74 Å². The van der Waals surface area contributed by atoms with E-state index in [0.29, 0.717) is 16.7 Å². The molecule has 3 aromatic rings. The summed E-state index contributed by atoms with van der Waals surface area (Å²) < 4.78 is 7.15. The quantitative estimate of drug-likeness (QED) is 0.518. The number of fused-ring (bicyclic) bond motifs is 1. The van der Waals surface area contributed by atoms with Gasteiger partial charge in [0.1, 0.15) is 6.61 Å². The monoisotopic (exact) mass is 360 g/mol. The highest BCUT2D eigenvalue weighted by atomic mass is 16.5. The third-order valence-corrected chi connectivity index (χ3v) is 4.43. The molecular formula is C21H16N2O4. The Kier molecular flexibility index (Phi) is 4.30. The van der Waals surface area contributed by atoms with E-state index in [1.807, 2.05) is 41.2 Å². The van der Waals surface area contributed by atoms with Crippen molar-refractivity contribution in [2.45, 2.75) is 0 Å². The van der Waals surface area contributed by atoms with Crippen LogP contribution in [0.25, 0.3) is 5.69 Å². The highest BCUT2D eigenvalue weighted by Crippen LogP contribution is 2.22. The molecule has 2 aromatic carbocycles. The van der Waals surface area contributed by atoms with Crippen LogP contribution in [0.4, 0.5) is 0 Å². The number of imide groups is 1. The number of carbonyl (C=O) groups is 3. The van der Waals surface area contributed by atoms with Crippen molar-refractivity contribution in [2.24, 2.45) is 0 Å². The lowest BCUT2D eigenvalue weighted by atomic mass is 10.1. The molecule has 1 aliphatic rings. The molecule has 134 valence electrons. The number of amides is 2. The van der Waals surface area contributed by atoms with Crippen LogP contribution in [0.2, 0.25) is 0 Å². The van der Waals surface area contributed by atoms with Gasteiger partial charge in [-0.3, -0.25) is 14.5 Å². The number of ether oxygens (including phenoxy) is 1. The van der Waals surface area contributed by atoms with E-state index in [1.54, 1.807) is 36.4 Å². The predicted octanol–water partition coefficient (Wildman–Crippen LogP) is 2.93. The second-order valence-electron chi connectivity index (χ2n) is 6.08. The maximum Gasteiger partial charge on any atom is 0.338 e. The SMILES string of the molecule is O=C(OCCN1C(=O)c2ccccc2C1=O)c1ccc(-n2cccc2)cc1. The molecule has 0 radical (unpaired) electrons. The third-order valence-electron chi connectivity index (χ3n) is 4.43. The molecular weight excluding hydrogens is 344 g/mol. The first-order chi connectivity index (χ1) is 13.1. The molecule has 6 nitrogen and oxygen atoms in total. The van der Waals surface area contributed by atoms with Crippen molar-refractivity contribution in [1.29, 1.82) is 0 Å². The average Bonchev–Trinajstić information content (AvgIpc) is 3.32. The number of aromatic nitrogens is 1. The summed E-state index contributed by atoms with van der Waals surface area (Å²) in [4.78, 5) is 37.8. The molecule has 0 spiro atoms. The summed E-state index contributed by atoms with van der Waals surface area (Å²) in [7, 11) is 0. The molecule has 1 aromatic heterocycles. The van der Waals surface area contributed by atoms with Crippen molar-refractivity contribution in [2.75, 3.05) is 13.2 Å². The van der Waals surface area contributed by atoms with Crippen LogP contribution < -0.4 is 0 Å². The summed E-state index contributed by atoms with van der Waals surface area (Å²) in [5, 5.41) is 0. The number of hydrogen-bond donors (Lipinski definition) is 0. The van der Waals surface area contributed by atoms with Crippen LogP contribution >= 0.6 is 0 Å². The molecule has 0 fully saturated rings. The van der Waals surface area contributed by atoms with Gasteiger partial charge in [-0.1, -0.05) is 12.1 Å². The van der Waals surface area contributed by atoms with Crippen LogP contribution in [0.1, 0.15) is 31.1 Å². The maximum atomic E-state index is 12.3.